The SMILES string of the molecule is CCCc1ccccc1C(C)[O]. The Morgan fingerprint density at radius 2 is 2.00 bits per heavy atom. The van der Waals surface area contributed by atoms with Crippen LogP contribution in [-0.2, 0) is 11.5 Å². The zero-order chi connectivity index (χ0) is 8.97. The van der Waals surface area contributed by atoms with Crippen LogP contribution in [0.25, 0.3) is 0 Å². The van der Waals surface area contributed by atoms with Gasteiger partial charge in [-0.3, -0.25) is 0 Å². The van der Waals surface area contributed by atoms with Crippen LogP contribution in [0.2, 0.25) is 0 Å². The van der Waals surface area contributed by atoms with Gasteiger partial charge in [-0.05, 0) is 24.5 Å². The third kappa shape index (κ3) is 2.08. The fraction of sp³-hybridized carbons (Fsp3) is 0.455. The fourth-order valence-corrected chi connectivity index (χ4v) is 1.43. The van der Waals surface area contributed by atoms with Gasteiger partial charge in [-0.15, -0.1) is 0 Å². The lowest BCUT2D eigenvalue weighted by atomic mass is 10.00. The van der Waals surface area contributed by atoms with Crippen LogP contribution in [0.15, 0.2) is 24.3 Å². The first-order valence-corrected chi connectivity index (χ1v) is 4.49. The van der Waals surface area contributed by atoms with E-state index in [1.165, 1.54) is 5.56 Å². The summed E-state index contributed by atoms with van der Waals surface area (Å²) in [6, 6.07) is 7.91. The Balaban J connectivity index is 2.92. The van der Waals surface area contributed by atoms with Crippen molar-refractivity contribution in [3.05, 3.63) is 35.4 Å². The third-order valence-corrected chi connectivity index (χ3v) is 2.01. The Hall–Kier alpha value is -0.820. The average Bonchev–Trinajstić information content (AvgIpc) is 2.05. The Labute approximate surface area is 74.1 Å². The molecule has 1 atom stereocenters. The highest BCUT2D eigenvalue weighted by atomic mass is 16.3. The Morgan fingerprint density at radius 1 is 1.33 bits per heavy atom. The van der Waals surface area contributed by atoms with Crippen molar-refractivity contribution >= 4 is 0 Å². The van der Waals surface area contributed by atoms with E-state index in [9.17, 15) is 5.11 Å². The van der Waals surface area contributed by atoms with Gasteiger partial charge in [0, 0.05) is 0 Å². The minimum absolute atomic E-state index is 0.590. The van der Waals surface area contributed by atoms with Gasteiger partial charge in [0.15, 0.2) is 0 Å². The van der Waals surface area contributed by atoms with E-state index in [1.54, 1.807) is 6.92 Å². The van der Waals surface area contributed by atoms with Gasteiger partial charge in [-0.1, -0.05) is 37.6 Å². The molecule has 1 unspecified atom stereocenters. The van der Waals surface area contributed by atoms with E-state index in [1.807, 2.05) is 24.3 Å². The van der Waals surface area contributed by atoms with E-state index in [2.05, 4.69) is 6.92 Å². The zero-order valence-electron chi connectivity index (χ0n) is 7.71. The zero-order valence-corrected chi connectivity index (χ0v) is 7.71. The summed E-state index contributed by atoms with van der Waals surface area (Å²) in [4.78, 5) is 0. The van der Waals surface area contributed by atoms with Gasteiger partial charge < -0.3 is 0 Å². The van der Waals surface area contributed by atoms with Gasteiger partial charge >= 0.3 is 0 Å². The van der Waals surface area contributed by atoms with Gasteiger partial charge in [0.05, 0.1) is 0 Å². The molecule has 1 rings (SSSR count). The standard InChI is InChI=1S/C11H15O/c1-3-6-10-7-4-5-8-11(10)9(2)12/h4-5,7-9H,3,6H2,1-2H3. The van der Waals surface area contributed by atoms with Crippen LogP contribution in [0.4, 0.5) is 0 Å². The number of hydrogen-bond donors (Lipinski definition) is 0. The molecule has 0 aliphatic heterocycles. The van der Waals surface area contributed by atoms with Gasteiger partial charge in [-0.2, -0.15) is 0 Å². The molecule has 0 bridgehead atoms. The van der Waals surface area contributed by atoms with Gasteiger partial charge in [0.2, 0.25) is 0 Å². The van der Waals surface area contributed by atoms with Crippen molar-refractivity contribution in [3.63, 3.8) is 0 Å². The minimum Gasteiger partial charge on any atom is -0.228 e. The van der Waals surface area contributed by atoms with E-state index in [-0.39, 0.29) is 0 Å². The minimum atomic E-state index is -0.590. The molecule has 1 radical (unpaired) electrons. The summed E-state index contributed by atoms with van der Waals surface area (Å²) in [6.07, 6.45) is 1.53. The van der Waals surface area contributed by atoms with Crippen LogP contribution in [0.5, 0.6) is 0 Å². The molecular formula is C11H15O. The van der Waals surface area contributed by atoms with Gasteiger partial charge in [0.25, 0.3) is 0 Å². The highest BCUT2D eigenvalue weighted by Crippen LogP contribution is 2.18. The highest BCUT2D eigenvalue weighted by Gasteiger charge is 2.06. The van der Waals surface area contributed by atoms with Crippen LogP contribution in [0, 0.1) is 0 Å². The largest absolute Gasteiger partial charge is 0.228 e. The van der Waals surface area contributed by atoms with Crippen molar-refractivity contribution in [1.82, 2.24) is 0 Å². The summed E-state index contributed by atoms with van der Waals surface area (Å²) in [5, 5.41) is 11.2. The molecule has 0 fully saturated rings. The summed E-state index contributed by atoms with van der Waals surface area (Å²) in [6.45, 7) is 3.83. The second-order valence-corrected chi connectivity index (χ2v) is 3.09. The van der Waals surface area contributed by atoms with Crippen LogP contribution in [0.3, 0.4) is 0 Å². The fourth-order valence-electron chi connectivity index (χ4n) is 1.43. The second kappa shape index (κ2) is 4.27. The molecule has 0 spiro atoms. The molecule has 0 saturated heterocycles. The smallest absolute Gasteiger partial charge is 0.115 e. The molecule has 1 aromatic rings. The van der Waals surface area contributed by atoms with E-state index >= 15 is 0 Å². The molecule has 0 N–H and O–H groups in total. The number of hydrogen-bond acceptors (Lipinski definition) is 0. The van der Waals surface area contributed by atoms with Crippen molar-refractivity contribution in [3.8, 4) is 0 Å². The first kappa shape index (κ1) is 9.27. The Kier molecular flexibility index (Phi) is 3.30. The summed E-state index contributed by atoms with van der Waals surface area (Å²) in [7, 11) is 0. The molecule has 0 aromatic heterocycles. The predicted octanol–water partition coefficient (Wildman–Crippen LogP) is 3.13. The van der Waals surface area contributed by atoms with Gasteiger partial charge in [-0.25, -0.2) is 5.11 Å². The summed E-state index contributed by atoms with van der Waals surface area (Å²) in [5.74, 6) is 0. The lowest BCUT2D eigenvalue weighted by Crippen LogP contribution is -1.96. The topological polar surface area (TPSA) is 19.9 Å². The lowest BCUT2D eigenvalue weighted by molar-refractivity contribution is 0.105. The quantitative estimate of drug-likeness (QED) is 0.652. The van der Waals surface area contributed by atoms with Crippen molar-refractivity contribution in [2.75, 3.05) is 0 Å². The molecule has 0 amide bonds. The maximum absolute atomic E-state index is 11.2. The predicted molar refractivity (Wildman–Crippen MR) is 49.5 cm³/mol. The van der Waals surface area contributed by atoms with E-state index in [0.717, 1.165) is 18.4 Å². The highest BCUT2D eigenvalue weighted by molar-refractivity contribution is 5.28. The van der Waals surface area contributed by atoms with Crippen molar-refractivity contribution in [2.24, 2.45) is 0 Å². The van der Waals surface area contributed by atoms with E-state index < -0.39 is 6.10 Å². The molecule has 0 heterocycles. The molecule has 0 aliphatic rings. The summed E-state index contributed by atoms with van der Waals surface area (Å²) >= 11 is 0. The van der Waals surface area contributed by atoms with Crippen molar-refractivity contribution < 1.29 is 5.11 Å². The van der Waals surface area contributed by atoms with Crippen LogP contribution in [0.1, 0.15) is 37.5 Å². The summed E-state index contributed by atoms with van der Waals surface area (Å²) < 4.78 is 0. The number of aryl methyl sites for hydroxylation is 1. The van der Waals surface area contributed by atoms with Gasteiger partial charge in [0.1, 0.15) is 6.10 Å². The van der Waals surface area contributed by atoms with Crippen molar-refractivity contribution in [1.29, 1.82) is 0 Å². The van der Waals surface area contributed by atoms with Crippen LogP contribution >= 0.6 is 0 Å². The molecule has 12 heavy (non-hydrogen) atoms. The third-order valence-electron chi connectivity index (χ3n) is 2.01. The molecular weight excluding hydrogens is 148 g/mol. The first-order chi connectivity index (χ1) is 5.75. The molecule has 0 aliphatic carbocycles. The Morgan fingerprint density at radius 3 is 2.58 bits per heavy atom. The molecule has 1 nitrogen and oxygen atoms in total. The molecule has 0 saturated carbocycles. The van der Waals surface area contributed by atoms with Crippen LogP contribution in [-0.4, -0.2) is 0 Å². The Bertz CT molecular complexity index is 241. The van der Waals surface area contributed by atoms with E-state index in [0.29, 0.717) is 0 Å². The lowest BCUT2D eigenvalue weighted by Gasteiger charge is -2.08. The normalized spacial score (nSPS) is 12.9. The maximum atomic E-state index is 11.2. The van der Waals surface area contributed by atoms with E-state index in [4.69, 9.17) is 0 Å². The van der Waals surface area contributed by atoms with Crippen LogP contribution < -0.4 is 0 Å². The monoisotopic (exact) mass is 163 g/mol. The second-order valence-electron chi connectivity index (χ2n) is 3.09. The average molecular weight is 163 g/mol. The maximum Gasteiger partial charge on any atom is 0.115 e. The number of benzene rings is 1. The number of rotatable bonds is 3. The first-order valence-electron chi connectivity index (χ1n) is 4.49. The molecule has 1 heteroatoms. The van der Waals surface area contributed by atoms with Crippen molar-refractivity contribution in [2.45, 2.75) is 32.8 Å². The summed E-state index contributed by atoms with van der Waals surface area (Å²) in [5.41, 5.74) is 2.17. The molecule has 65 valence electrons. The molecule has 1 aromatic carbocycles.